The largest absolute Gasteiger partial charge is 0.311 e. The summed E-state index contributed by atoms with van der Waals surface area (Å²) in [5.41, 5.74) is 0.508. The Morgan fingerprint density at radius 2 is 1.47 bits per heavy atom. The Bertz CT molecular complexity index is 265. The lowest BCUT2D eigenvalue weighted by Gasteiger charge is -2.32. The Labute approximate surface area is 120 Å². The smallest absolute Gasteiger partial charge is 0.00721 e. The van der Waals surface area contributed by atoms with Crippen molar-refractivity contribution in [1.29, 1.82) is 0 Å². The van der Waals surface area contributed by atoms with Gasteiger partial charge in [0.25, 0.3) is 0 Å². The molecule has 112 valence electrons. The van der Waals surface area contributed by atoms with Crippen molar-refractivity contribution in [3.63, 3.8) is 0 Å². The highest BCUT2D eigenvalue weighted by molar-refractivity contribution is 4.84. The van der Waals surface area contributed by atoms with Crippen molar-refractivity contribution >= 4 is 0 Å². The molecule has 2 rings (SSSR count). The highest BCUT2D eigenvalue weighted by Gasteiger charge is 2.29. The van der Waals surface area contributed by atoms with Gasteiger partial charge in [0.15, 0.2) is 0 Å². The van der Waals surface area contributed by atoms with Gasteiger partial charge in [0.05, 0.1) is 0 Å². The first-order valence-electron chi connectivity index (χ1n) is 8.71. The van der Waals surface area contributed by atoms with Crippen LogP contribution in [0.25, 0.3) is 0 Å². The molecule has 0 aromatic heterocycles. The lowest BCUT2D eigenvalue weighted by atomic mass is 9.76. The van der Waals surface area contributed by atoms with E-state index in [-0.39, 0.29) is 0 Å². The molecule has 0 amide bonds. The molecule has 19 heavy (non-hydrogen) atoms. The maximum absolute atomic E-state index is 4.00. The quantitative estimate of drug-likeness (QED) is 0.681. The first-order chi connectivity index (χ1) is 8.95. The minimum Gasteiger partial charge on any atom is -0.311 e. The fraction of sp³-hybridized carbons (Fsp3) is 1.00. The SMILES string of the molecule is CC1CCCC(NC2CCCC(C(C)(C)C)CC2)C1. The van der Waals surface area contributed by atoms with Gasteiger partial charge in [0.2, 0.25) is 0 Å². The van der Waals surface area contributed by atoms with Crippen molar-refractivity contribution in [2.75, 3.05) is 0 Å². The van der Waals surface area contributed by atoms with Crippen molar-refractivity contribution < 1.29 is 0 Å². The van der Waals surface area contributed by atoms with Crippen LogP contribution in [0.5, 0.6) is 0 Å². The summed E-state index contributed by atoms with van der Waals surface area (Å²) in [6.45, 7) is 9.70. The molecule has 0 saturated heterocycles. The topological polar surface area (TPSA) is 12.0 Å². The summed E-state index contributed by atoms with van der Waals surface area (Å²) in [6, 6.07) is 1.63. The third-order valence-corrected chi connectivity index (χ3v) is 5.60. The van der Waals surface area contributed by atoms with E-state index in [0.717, 1.165) is 23.9 Å². The van der Waals surface area contributed by atoms with Gasteiger partial charge in [-0.3, -0.25) is 0 Å². The van der Waals surface area contributed by atoms with Crippen molar-refractivity contribution in [2.45, 2.75) is 97.6 Å². The van der Waals surface area contributed by atoms with E-state index in [1.54, 1.807) is 0 Å². The van der Waals surface area contributed by atoms with E-state index >= 15 is 0 Å². The van der Waals surface area contributed by atoms with E-state index in [2.05, 4.69) is 33.0 Å². The number of hydrogen-bond donors (Lipinski definition) is 1. The fourth-order valence-electron chi connectivity index (χ4n) is 4.25. The van der Waals surface area contributed by atoms with Crippen LogP contribution in [0, 0.1) is 17.3 Å². The number of hydrogen-bond acceptors (Lipinski definition) is 1. The maximum Gasteiger partial charge on any atom is 0.00721 e. The molecule has 1 N–H and O–H groups in total. The van der Waals surface area contributed by atoms with Crippen molar-refractivity contribution in [1.82, 2.24) is 5.32 Å². The summed E-state index contributed by atoms with van der Waals surface area (Å²) >= 11 is 0. The predicted octanol–water partition coefficient (Wildman–Crippen LogP) is 5.15. The molecule has 4 unspecified atom stereocenters. The van der Waals surface area contributed by atoms with Crippen LogP contribution in [0.4, 0.5) is 0 Å². The van der Waals surface area contributed by atoms with Gasteiger partial charge in [-0.15, -0.1) is 0 Å². The first kappa shape index (κ1) is 15.4. The van der Waals surface area contributed by atoms with E-state index in [1.165, 1.54) is 57.8 Å². The summed E-state index contributed by atoms with van der Waals surface area (Å²) in [5.74, 6) is 1.88. The molecule has 2 saturated carbocycles. The molecule has 1 nitrogen and oxygen atoms in total. The van der Waals surface area contributed by atoms with Gasteiger partial charge in [-0.1, -0.05) is 47.0 Å². The third kappa shape index (κ3) is 4.77. The molecule has 0 aliphatic heterocycles. The lowest BCUT2D eigenvalue weighted by Crippen LogP contribution is -2.40. The zero-order chi connectivity index (χ0) is 13.9. The third-order valence-electron chi connectivity index (χ3n) is 5.60. The van der Waals surface area contributed by atoms with Crippen LogP contribution >= 0.6 is 0 Å². The first-order valence-corrected chi connectivity index (χ1v) is 8.71. The lowest BCUT2D eigenvalue weighted by molar-refractivity contribution is 0.211. The minimum absolute atomic E-state index is 0.508. The maximum atomic E-state index is 4.00. The van der Waals surface area contributed by atoms with Gasteiger partial charge in [-0.2, -0.15) is 0 Å². The fourth-order valence-corrected chi connectivity index (χ4v) is 4.25. The molecule has 0 spiro atoms. The van der Waals surface area contributed by atoms with E-state index in [9.17, 15) is 0 Å². The Morgan fingerprint density at radius 1 is 0.789 bits per heavy atom. The summed E-state index contributed by atoms with van der Waals surface area (Å²) in [5, 5.41) is 4.00. The predicted molar refractivity (Wildman–Crippen MR) is 84.4 cm³/mol. The standard InChI is InChI=1S/C18H35N/c1-14-7-5-10-17(13-14)19-16-9-6-8-15(11-12-16)18(2,3)4/h14-17,19H,5-13H2,1-4H3. The molecule has 0 radical (unpaired) electrons. The molecule has 0 aromatic carbocycles. The summed E-state index contributed by atoms with van der Waals surface area (Å²) in [6.07, 6.45) is 12.9. The van der Waals surface area contributed by atoms with Gasteiger partial charge < -0.3 is 5.32 Å². The van der Waals surface area contributed by atoms with E-state index in [0.29, 0.717) is 5.41 Å². The second kappa shape index (κ2) is 6.61. The molecular weight excluding hydrogens is 230 g/mol. The highest BCUT2D eigenvalue weighted by atomic mass is 15.0. The van der Waals surface area contributed by atoms with Gasteiger partial charge in [0, 0.05) is 12.1 Å². The van der Waals surface area contributed by atoms with E-state index < -0.39 is 0 Å². The van der Waals surface area contributed by atoms with Gasteiger partial charge in [-0.05, 0) is 55.8 Å². The van der Waals surface area contributed by atoms with Crippen LogP contribution in [-0.4, -0.2) is 12.1 Å². The van der Waals surface area contributed by atoms with E-state index in [4.69, 9.17) is 0 Å². The van der Waals surface area contributed by atoms with E-state index in [1.807, 2.05) is 0 Å². The Hall–Kier alpha value is -0.0400. The van der Waals surface area contributed by atoms with Crippen LogP contribution in [0.1, 0.15) is 85.5 Å². The molecular formula is C18H35N. The van der Waals surface area contributed by atoms with Gasteiger partial charge >= 0.3 is 0 Å². The second-order valence-electron chi connectivity index (χ2n) is 8.40. The zero-order valence-electron chi connectivity index (χ0n) is 13.7. The van der Waals surface area contributed by atoms with Crippen LogP contribution in [0.3, 0.4) is 0 Å². The van der Waals surface area contributed by atoms with Crippen molar-refractivity contribution in [3.8, 4) is 0 Å². The minimum atomic E-state index is 0.508. The zero-order valence-corrected chi connectivity index (χ0v) is 13.7. The number of rotatable bonds is 2. The molecule has 2 aliphatic rings. The van der Waals surface area contributed by atoms with Crippen LogP contribution in [0.2, 0.25) is 0 Å². The molecule has 4 atom stereocenters. The molecule has 2 aliphatic carbocycles. The van der Waals surface area contributed by atoms with Gasteiger partial charge in [0.1, 0.15) is 0 Å². The van der Waals surface area contributed by atoms with Crippen molar-refractivity contribution in [2.24, 2.45) is 17.3 Å². The molecule has 0 aromatic rings. The summed E-state index contributed by atoms with van der Waals surface area (Å²) in [7, 11) is 0. The van der Waals surface area contributed by atoms with Gasteiger partial charge in [-0.25, -0.2) is 0 Å². The second-order valence-corrected chi connectivity index (χ2v) is 8.40. The van der Waals surface area contributed by atoms with Crippen LogP contribution < -0.4 is 5.32 Å². The van der Waals surface area contributed by atoms with Crippen LogP contribution in [0.15, 0.2) is 0 Å². The molecule has 2 fully saturated rings. The molecule has 0 bridgehead atoms. The van der Waals surface area contributed by atoms with Crippen LogP contribution in [-0.2, 0) is 0 Å². The Kier molecular flexibility index (Phi) is 5.34. The average Bonchev–Trinajstić information content (AvgIpc) is 2.54. The normalized spacial score (nSPS) is 37.9. The molecule has 1 heteroatoms. The summed E-state index contributed by atoms with van der Waals surface area (Å²) < 4.78 is 0. The number of nitrogens with one attached hydrogen (secondary N) is 1. The summed E-state index contributed by atoms with van der Waals surface area (Å²) in [4.78, 5) is 0. The highest BCUT2D eigenvalue weighted by Crippen LogP contribution is 2.37. The Morgan fingerprint density at radius 3 is 2.16 bits per heavy atom. The monoisotopic (exact) mass is 265 g/mol. The average molecular weight is 265 g/mol. The molecule has 0 heterocycles. The Balaban J connectivity index is 1.79. The van der Waals surface area contributed by atoms with Crippen molar-refractivity contribution in [3.05, 3.63) is 0 Å².